The van der Waals surface area contributed by atoms with E-state index in [1.807, 2.05) is 0 Å². The Labute approximate surface area is 255 Å². The number of thioether (sulfide) groups is 1. The summed E-state index contributed by atoms with van der Waals surface area (Å²) in [5.41, 5.74) is 3.94. The van der Waals surface area contributed by atoms with E-state index in [0.717, 1.165) is 63.7 Å². The average Bonchev–Trinajstić information content (AvgIpc) is 3.26. The summed E-state index contributed by atoms with van der Waals surface area (Å²) in [5.74, 6) is 1.23. The fourth-order valence-corrected chi connectivity index (χ4v) is 11.8. The Hall–Kier alpha value is -1.18. The summed E-state index contributed by atoms with van der Waals surface area (Å²) < 4.78 is 26.0. The fraction of sp³-hybridized carbons (Fsp3) is 0.750. The normalized spacial score (nSPS) is 42.1. The smallest absolute Gasteiger partial charge is 0.191 e. The molecule has 3 heterocycles. The summed E-state index contributed by atoms with van der Waals surface area (Å²) >= 11 is 2.11. The van der Waals surface area contributed by atoms with Crippen LogP contribution < -0.4 is 0 Å². The van der Waals surface area contributed by atoms with E-state index < -0.39 is 11.6 Å². The largest absolute Gasteiger partial charge is 0.349 e. The van der Waals surface area contributed by atoms with E-state index in [1.54, 1.807) is 0 Å². The van der Waals surface area contributed by atoms with Gasteiger partial charge in [-0.05, 0) is 67.9 Å². The highest BCUT2D eigenvalue weighted by Crippen LogP contribution is 2.72. The molecule has 0 radical (unpaired) electrons. The molecule has 2 saturated heterocycles. The number of hydrogen-bond acceptors (Lipinski definition) is 6. The van der Waals surface area contributed by atoms with Gasteiger partial charge in [-0.25, -0.2) is 0 Å². The molecule has 1 unspecified atom stereocenters. The van der Waals surface area contributed by atoms with E-state index in [-0.39, 0.29) is 21.0 Å². The molecule has 4 aliphatic carbocycles. The van der Waals surface area contributed by atoms with Crippen molar-refractivity contribution in [2.45, 2.75) is 114 Å². The molecule has 1 aromatic carbocycles. The first-order chi connectivity index (χ1) is 19.8. The Bertz CT molecular complexity index is 1340. The third-order valence-corrected chi connectivity index (χ3v) is 14.1. The van der Waals surface area contributed by atoms with Crippen molar-refractivity contribution in [1.82, 2.24) is 0 Å². The molecular weight excluding hydrogens is 544 g/mol. The number of fused-ring (bicyclic) bond motifs is 4. The molecule has 0 bridgehead atoms. The summed E-state index contributed by atoms with van der Waals surface area (Å²) in [6.07, 6.45) is 9.29. The average molecular weight is 593 g/mol. The topological polar surface area (TPSA) is 54.0 Å². The number of ketones is 1. The maximum Gasteiger partial charge on any atom is 0.191 e. The zero-order valence-corrected chi connectivity index (χ0v) is 27.2. The van der Waals surface area contributed by atoms with Crippen LogP contribution in [0.5, 0.6) is 0 Å². The van der Waals surface area contributed by atoms with Crippen LogP contribution in [0, 0.1) is 34.0 Å². The van der Waals surface area contributed by atoms with Gasteiger partial charge in [-0.2, -0.15) is 0 Å². The first-order valence-electron chi connectivity index (χ1n) is 16.4. The zero-order valence-electron chi connectivity index (χ0n) is 26.3. The van der Waals surface area contributed by atoms with Crippen molar-refractivity contribution in [3.63, 3.8) is 0 Å². The van der Waals surface area contributed by atoms with Crippen LogP contribution in [-0.2, 0) is 29.5 Å². The molecule has 6 atom stereocenters. The molecular formula is C36H48O5S. The van der Waals surface area contributed by atoms with Gasteiger partial charge in [-0.1, -0.05) is 58.4 Å². The van der Waals surface area contributed by atoms with Gasteiger partial charge in [0.15, 0.2) is 11.6 Å². The van der Waals surface area contributed by atoms with Crippen LogP contribution in [0.3, 0.4) is 0 Å². The van der Waals surface area contributed by atoms with Gasteiger partial charge in [0.1, 0.15) is 5.78 Å². The third kappa shape index (κ3) is 4.00. The molecule has 0 N–H and O–H groups in total. The van der Waals surface area contributed by atoms with Crippen molar-refractivity contribution >= 4 is 17.5 Å². The maximum absolute atomic E-state index is 13.5. The van der Waals surface area contributed by atoms with Gasteiger partial charge in [0.25, 0.3) is 0 Å². The van der Waals surface area contributed by atoms with Crippen LogP contribution in [0.15, 0.2) is 34.7 Å². The zero-order chi connectivity index (χ0) is 29.3. The highest BCUT2D eigenvalue weighted by molar-refractivity contribution is 8.01. The minimum atomic E-state index is -0.744. The Morgan fingerprint density at radius 3 is 2.29 bits per heavy atom. The van der Waals surface area contributed by atoms with E-state index in [4.69, 9.17) is 18.9 Å². The van der Waals surface area contributed by atoms with E-state index in [9.17, 15) is 4.79 Å². The lowest BCUT2D eigenvalue weighted by Gasteiger charge is -2.64. The summed E-state index contributed by atoms with van der Waals surface area (Å²) in [4.78, 5) is 14.8. The minimum absolute atomic E-state index is 0.0177. The molecule has 6 heteroatoms. The second kappa shape index (κ2) is 8.96. The molecule has 5 nitrogen and oxygen atoms in total. The minimum Gasteiger partial charge on any atom is -0.349 e. The van der Waals surface area contributed by atoms with Gasteiger partial charge >= 0.3 is 0 Å². The van der Waals surface area contributed by atoms with Crippen LogP contribution >= 0.6 is 11.8 Å². The van der Waals surface area contributed by atoms with Gasteiger partial charge in [-0.15, -0.1) is 11.8 Å². The van der Waals surface area contributed by atoms with Crippen molar-refractivity contribution in [2.75, 3.05) is 26.4 Å². The lowest BCUT2D eigenvalue weighted by atomic mass is 9.48. The Balaban J connectivity index is 1.21. The molecule has 0 aromatic heterocycles. The molecule has 3 saturated carbocycles. The molecule has 2 spiro atoms. The second-order valence-corrected chi connectivity index (χ2v) is 18.1. The predicted octanol–water partition coefficient (Wildman–Crippen LogP) is 7.77. The van der Waals surface area contributed by atoms with E-state index in [2.05, 4.69) is 77.6 Å². The Morgan fingerprint density at radius 2 is 1.57 bits per heavy atom. The summed E-state index contributed by atoms with van der Waals surface area (Å²) in [7, 11) is 0. The van der Waals surface area contributed by atoms with Gasteiger partial charge in [0.2, 0.25) is 0 Å². The first-order valence-corrected chi connectivity index (χ1v) is 17.2. The van der Waals surface area contributed by atoms with Crippen molar-refractivity contribution in [1.29, 1.82) is 0 Å². The number of ether oxygens (including phenoxy) is 4. The van der Waals surface area contributed by atoms with Crippen LogP contribution in [0.25, 0.3) is 0 Å². The summed E-state index contributed by atoms with van der Waals surface area (Å²) in [6.45, 7) is 16.1. The van der Waals surface area contributed by atoms with E-state index in [1.165, 1.54) is 16.0 Å². The molecule has 1 aromatic rings. The van der Waals surface area contributed by atoms with Crippen molar-refractivity contribution in [3.8, 4) is 0 Å². The second-order valence-electron chi connectivity index (χ2n) is 16.7. The number of Topliss-reactive ketones (excluding diaryl/α,β-unsaturated/α-hetero) is 1. The third-order valence-electron chi connectivity index (χ3n) is 12.4. The van der Waals surface area contributed by atoms with Crippen LogP contribution in [0.1, 0.15) is 104 Å². The van der Waals surface area contributed by atoms with Crippen molar-refractivity contribution in [2.24, 2.45) is 34.0 Å². The quantitative estimate of drug-likeness (QED) is 0.311. The number of rotatable bonds is 1. The molecule has 0 amide bonds. The standard InChI is InChI=1S/C36H48O5S/c1-31(2)18-38-34(6,39-19-31)22-7-9-24-26-17-33(5)27(11-12-29(33)37)25-10-8-23-16-35(40-20-32(3,4)21-41-35)13-14-36(23,30(25)26)42-28(24)15-22/h7-9,15,25-27,30H,10-14,16-21H2,1-6H3/t25-,26+,27-,30?,33-,36+/m0/s1. The van der Waals surface area contributed by atoms with Crippen molar-refractivity contribution < 1.29 is 23.7 Å². The highest BCUT2D eigenvalue weighted by Gasteiger charge is 2.66. The fourth-order valence-electron chi connectivity index (χ4n) is 9.93. The summed E-state index contributed by atoms with van der Waals surface area (Å²) in [5, 5.41) is 0. The first kappa shape index (κ1) is 28.3. The maximum atomic E-state index is 13.5. The monoisotopic (exact) mass is 592 g/mol. The highest BCUT2D eigenvalue weighted by atomic mass is 32.2. The van der Waals surface area contributed by atoms with Crippen molar-refractivity contribution in [3.05, 3.63) is 41.0 Å². The number of benzene rings is 1. The lowest BCUT2D eigenvalue weighted by molar-refractivity contribution is -0.306. The van der Waals surface area contributed by atoms with E-state index >= 15 is 0 Å². The van der Waals surface area contributed by atoms with Gasteiger partial charge in [0.05, 0.1) is 26.4 Å². The van der Waals surface area contributed by atoms with Crippen LogP contribution in [-0.4, -0.2) is 42.7 Å². The molecule has 8 rings (SSSR count). The lowest BCUT2D eigenvalue weighted by Crippen LogP contribution is -2.60. The molecule has 5 fully saturated rings. The SMILES string of the molecule is CC1(C)COC2(CC[C@@]34Sc5cc(C6(C)OCC(C)(C)CO6)ccc5[C@H]5C[C@]6(C)C(=O)CC[C@H]6[C@H](CC=C3C2)C54)OC1. The van der Waals surface area contributed by atoms with E-state index in [0.29, 0.717) is 42.7 Å². The number of allylic oxidation sites excluding steroid dienone is 1. The van der Waals surface area contributed by atoms with Gasteiger partial charge in [-0.3, -0.25) is 4.79 Å². The van der Waals surface area contributed by atoms with Gasteiger partial charge in [0, 0.05) is 50.7 Å². The predicted molar refractivity (Wildman–Crippen MR) is 163 cm³/mol. The molecule has 42 heavy (non-hydrogen) atoms. The Kier molecular flexibility index (Phi) is 6.04. The number of carbonyl (C=O) groups is 1. The van der Waals surface area contributed by atoms with Crippen LogP contribution in [0.4, 0.5) is 0 Å². The van der Waals surface area contributed by atoms with Crippen LogP contribution in [0.2, 0.25) is 0 Å². The number of hydrogen-bond donors (Lipinski definition) is 0. The number of carbonyl (C=O) groups excluding carboxylic acids is 1. The Morgan fingerprint density at radius 1 is 0.881 bits per heavy atom. The molecule has 228 valence electrons. The summed E-state index contributed by atoms with van der Waals surface area (Å²) in [6, 6.07) is 6.98. The molecule has 3 aliphatic heterocycles. The molecule has 7 aliphatic rings. The van der Waals surface area contributed by atoms with Gasteiger partial charge < -0.3 is 18.9 Å².